The second-order valence-corrected chi connectivity index (χ2v) is 13.7. The molecule has 3 aromatic rings. The van der Waals surface area contributed by atoms with Crippen molar-refractivity contribution in [2.45, 2.75) is 70.0 Å². The van der Waals surface area contributed by atoms with E-state index >= 15 is 0 Å². The van der Waals surface area contributed by atoms with Crippen molar-refractivity contribution in [3.63, 3.8) is 0 Å². The quantitative estimate of drug-likeness (QED) is 0.428. The monoisotopic (exact) mass is 584 g/mol. The first kappa shape index (κ1) is 29.5. The number of amides is 1. The number of aromatic nitrogens is 1. The van der Waals surface area contributed by atoms with E-state index in [0.717, 1.165) is 18.4 Å². The van der Waals surface area contributed by atoms with Crippen LogP contribution in [-0.2, 0) is 26.1 Å². The molecule has 2 aromatic carbocycles. The van der Waals surface area contributed by atoms with E-state index in [4.69, 9.17) is 9.15 Å². The number of morpholine rings is 1. The van der Waals surface area contributed by atoms with Gasteiger partial charge in [-0.2, -0.15) is 4.31 Å². The lowest BCUT2D eigenvalue weighted by Gasteiger charge is -2.50. The molecule has 2 aliphatic rings. The number of carbonyl (C=O) groups excluding carboxylic acids is 1. The number of ether oxygens (including phenoxy) is 1. The summed E-state index contributed by atoms with van der Waals surface area (Å²) in [5.41, 5.74) is 1.98. The average Bonchev–Trinajstić information content (AvgIpc) is 3.23. The summed E-state index contributed by atoms with van der Waals surface area (Å²) in [5, 5.41) is 2.91. The predicted octanol–water partition coefficient (Wildman–Crippen LogP) is 3.83. The zero-order valence-electron chi connectivity index (χ0n) is 24.3. The Labute approximate surface area is 241 Å². The molecule has 5 rings (SSSR count). The first-order valence-corrected chi connectivity index (χ1v) is 15.8. The minimum absolute atomic E-state index is 0.142. The summed E-state index contributed by atoms with van der Waals surface area (Å²) < 4.78 is 42.7. The molecule has 222 valence electrons. The molecular weight excluding hydrogens is 544 g/mol. The normalized spacial score (nSPS) is 22.5. The number of sulfonamides is 1. The van der Waals surface area contributed by atoms with E-state index in [9.17, 15) is 18.0 Å². The first-order valence-electron chi connectivity index (χ1n) is 14.4. The smallest absolute Gasteiger partial charge is 0.408 e. The maximum absolute atomic E-state index is 13.9. The Balaban J connectivity index is 1.30. The molecule has 1 spiro atoms. The Bertz CT molecular complexity index is 1560. The fourth-order valence-corrected chi connectivity index (χ4v) is 7.79. The number of benzene rings is 2. The van der Waals surface area contributed by atoms with Crippen LogP contribution < -0.4 is 11.1 Å². The zero-order chi connectivity index (χ0) is 29.4. The van der Waals surface area contributed by atoms with Crippen molar-refractivity contribution < 1.29 is 22.4 Å². The summed E-state index contributed by atoms with van der Waals surface area (Å²) in [6.45, 7) is 10.4. The molecule has 0 aliphatic carbocycles. The van der Waals surface area contributed by atoms with Gasteiger partial charge in [-0.15, -0.1) is 0 Å². The van der Waals surface area contributed by atoms with Crippen LogP contribution in [0.4, 0.5) is 5.69 Å². The first-order chi connectivity index (χ1) is 19.5. The molecule has 1 N–H and O–H groups in total. The number of fused-ring (bicyclic) bond motifs is 1. The molecule has 0 bridgehead atoms. The Morgan fingerprint density at radius 3 is 2.61 bits per heavy atom. The van der Waals surface area contributed by atoms with E-state index in [2.05, 4.69) is 19.2 Å². The molecule has 0 saturated carbocycles. The van der Waals surface area contributed by atoms with E-state index in [1.54, 1.807) is 34.6 Å². The van der Waals surface area contributed by atoms with Crippen LogP contribution >= 0.6 is 0 Å². The number of hydrogen-bond donors (Lipinski definition) is 1. The van der Waals surface area contributed by atoms with Gasteiger partial charge in [-0.3, -0.25) is 14.3 Å². The highest BCUT2D eigenvalue weighted by molar-refractivity contribution is 7.89. The Kier molecular flexibility index (Phi) is 8.43. The molecule has 1 amide bonds. The number of oxazole rings is 1. The summed E-state index contributed by atoms with van der Waals surface area (Å²) in [5.74, 6) is -0.310. The highest BCUT2D eigenvalue weighted by Gasteiger charge is 2.47. The Morgan fingerprint density at radius 2 is 1.90 bits per heavy atom. The van der Waals surface area contributed by atoms with Crippen LogP contribution in [-0.4, -0.2) is 72.5 Å². The van der Waals surface area contributed by atoms with Crippen LogP contribution in [0.3, 0.4) is 0 Å². The molecule has 41 heavy (non-hydrogen) atoms. The van der Waals surface area contributed by atoms with Gasteiger partial charge >= 0.3 is 5.76 Å². The average molecular weight is 585 g/mol. The lowest BCUT2D eigenvalue weighted by Crippen LogP contribution is -2.64. The number of aryl methyl sites for hydroxylation is 2. The van der Waals surface area contributed by atoms with Crippen LogP contribution in [0.1, 0.15) is 45.6 Å². The number of nitrogens with one attached hydrogen (secondary N) is 1. The summed E-state index contributed by atoms with van der Waals surface area (Å²) in [6, 6.07) is 11.9. The lowest BCUT2D eigenvalue weighted by atomic mass is 9.89. The van der Waals surface area contributed by atoms with Crippen LogP contribution in [0.25, 0.3) is 11.1 Å². The predicted molar refractivity (Wildman–Crippen MR) is 157 cm³/mol. The van der Waals surface area contributed by atoms with E-state index in [1.807, 2.05) is 30.9 Å². The highest BCUT2D eigenvalue weighted by Crippen LogP contribution is 2.35. The van der Waals surface area contributed by atoms with E-state index < -0.39 is 21.4 Å². The summed E-state index contributed by atoms with van der Waals surface area (Å²) in [7, 11) is -3.73. The number of hydrogen-bond acceptors (Lipinski definition) is 7. The molecule has 2 aliphatic heterocycles. The van der Waals surface area contributed by atoms with Crippen LogP contribution in [0, 0.1) is 12.8 Å². The van der Waals surface area contributed by atoms with Gasteiger partial charge in [-0.1, -0.05) is 31.5 Å². The zero-order valence-corrected chi connectivity index (χ0v) is 25.1. The molecule has 2 saturated heterocycles. The highest BCUT2D eigenvalue weighted by atomic mass is 32.2. The van der Waals surface area contributed by atoms with Gasteiger partial charge in [0.25, 0.3) is 0 Å². The lowest BCUT2D eigenvalue weighted by molar-refractivity contribution is -0.146. The number of nitrogens with zero attached hydrogens (tertiary/aromatic N) is 3. The number of likely N-dealkylation sites (tertiary alicyclic amines) is 1. The van der Waals surface area contributed by atoms with Gasteiger partial charge in [-0.05, 0) is 69.8 Å². The van der Waals surface area contributed by atoms with Crippen LogP contribution in [0.15, 0.2) is 56.6 Å². The molecular formula is C30H40N4O6S. The van der Waals surface area contributed by atoms with Gasteiger partial charge in [0.2, 0.25) is 15.9 Å². The second kappa shape index (κ2) is 11.7. The number of anilines is 1. The van der Waals surface area contributed by atoms with Crippen molar-refractivity contribution in [3.8, 4) is 0 Å². The Hall–Kier alpha value is -2.99. The van der Waals surface area contributed by atoms with Gasteiger partial charge < -0.3 is 14.5 Å². The topological polar surface area (TPSA) is 114 Å². The van der Waals surface area contributed by atoms with Crippen molar-refractivity contribution in [3.05, 3.63) is 58.6 Å². The molecule has 10 nitrogen and oxygen atoms in total. The van der Waals surface area contributed by atoms with Gasteiger partial charge in [-0.25, -0.2) is 13.2 Å². The third-order valence-corrected chi connectivity index (χ3v) is 9.97. The van der Waals surface area contributed by atoms with E-state index in [0.29, 0.717) is 60.3 Å². The van der Waals surface area contributed by atoms with Gasteiger partial charge in [0.05, 0.1) is 29.2 Å². The molecule has 3 heterocycles. The van der Waals surface area contributed by atoms with E-state index in [-0.39, 0.29) is 25.0 Å². The second-order valence-electron chi connectivity index (χ2n) is 11.8. The maximum atomic E-state index is 13.9. The molecule has 2 fully saturated rings. The van der Waals surface area contributed by atoms with Crippen LogP contribution in [0.2, 0.25) is 0 Å². The summed E-state index contributed by atoms with van der Waals surface area (Å²) in [4.78, 5) is 27.4. The molecule has 1 unspecified atom stereocenters. The fourth-order valence-electron chi connectivity index (χ4n) is 6.09. The Morgan fingerprint density at radius 1 is 1.15 bits per heavy atom. The standard InChI is InChI=1S/C30H40N4O6S/c1-5-33-26-12-9-23(16-27(26)40-29(33)36)31-28(35)17-32-14-6-13-30(19-32)20-34(24(18-39-30)15-21(2)3)41(37,38)25-10-7-22(4)8-11-25/h7-12,16,21,24H,5-6,13-15,17-20H2,1-4H3,(H,31,35)/t24-,30?/m0/s1. The minimum atomic E-state index is -3.73. The van der Waals surface area contributed by atoms with Crippen LogP contribution in [0.5, 0.6) is 0 Å². The number of rotatable bonds is 8. The SMILES string of the molecule is CCn1c(=O)oc2cc(NC(=O)CN3CCCC4(C3)CN(S(=O)(=O)c3ccc(C)cc3)[C@@H](CC(C)C)CO4)ccc21. The van der Waals surface area contributed by atoms with Crippen molar-refractivity contribution in [2.75, 3.05) is 38.1 Å². The summed E-state index contributed by atoms with van der Waals surface area (Å²) in [6.07, 6.45) is 2.23. The third-order valence-electron chi connectivity index (χ3n) is 8.06. The van der Waals surface area contributed by atoms with Crippen molar-refractivity contribution in [1.82, 2.24) is 13.8 Å². The maximum Gasteiger partial charge on any atom is 0.419 e. The largest absolute Gasteiger partial charge is 0.419 e. The van der Waals surface area contributed by atoms with Crippen molar-refractivity contribution in [2.24, 2.45) is 5.92 Å². The number of carbonyl (C=O) groups is 1. The minimum Gasteiger partial charge on any atom is -0.408 e. The van der Waals surface area contributed by atoms with Crippen molar-refractivity contribution in [1.29, 1.82) is 0 Å². The molecule has 1 aromatic heterocycles. The van der Waals surface area contributed by atoms with Gasteiger partial charge in [0, 0.05) is 37.4 Å². The fraction of sp³-hybridized carbons (Fsp3) is 0.533. The molecule has 11 heteroatoms. The van der Waals surface area contributed by atoms with Gasteiger partial charge in [0.15, 0.2) is 5.58 Å². The molecule has 0 radical (unpaired) electrons. The molecule has 2 atom stereocenters. The third kappa shape index (κ3) is 6.28. The number of piperidine rings is 1. The summed E-state index contributed by atoms with van der Waals surface area (Å²) >= 11 is 0. The van der Waals surface area contributed by atoms with Gasteiger partial charge in [0.1, 0.15) is 0 Å². The van der Waals surface area contributed by atoms with E-state index in [1.165, 1.54) is 4.57 Å². The van der Waals surface area contributed by atoms with Crippen molar-refractivity contribution >= 4 is 32.7 Å².